The Morgan fingerprint density at radius 1 is 1.17 bits per heavy atom. The van der Waals surface area contributed by atoms with Crippen LogP contribution in [0.3, 0.4) is 0 Å². The van der Waals surface area contributed by atoms with Gasteiger partial charge in [-0.1, -0.05) is 30.0 Å². The number of carbonyl (C=O) groups excluding carboxylic acids is 1. The second-order valence-corrected chi connectivity index (χ2v) is 7.70. The van der Waals surface area contributed by atoms with Crippen LogP contribution in [0.15, 0.2) is 47.9 Å². The van der Waals surface area contributed by atoms with Crippen molar-refractivity contribution in [1.82, 2.24) is 20.1 Å². The maximum absolute atomic E-state index is 12.4. The highest BCUT2D eigenvalue weighted by Gasteiger charge is 2.16. The number of nitrogens with one attached hydrogen (secondary N) is 1. The molecule has 4 rings (SSSR count). The average molecular weight is 410 g/mol. The molecular weight excluding hydrogens is 388 g/mol. The molecule has 1 aliphatic heterocycles. The van der Waals surface area contributed by atoms with Crippen LogP contribution in [0.1, 0.15) is 16.7 Å². The Kier molecular flexibility index (Phi) is 5.71. The number of nitrogens with zero attached hydrogens (tertiary/aromatic N) is 3. The molecule has 1 N–H and O–H groups in total. The van der Waals surface area contributed by atoms with E-state index in [9.17, 15) is 4.79 Å². The smallest absolute Gasteiger partial charge is 0.230 e. The van der Waals surface area contributed by atoms with Gasteiger partial charge in [-0.25, -0.2) is 0 Å². The number of para-hydroxylation sites is 1. The normalized spacial score (nSPS) is 12.6. The zero-order valence-electron chi connectivity index (χ0n) is 16.3. The molecule has 1 aromatic heterocycles. The summed E-state index contributed by atoms with van der Waals surface area (Å²) in [6.45, 7) is 5.59. The van der Waals surface area contributed by atoms with Crippen LogP contribution < -0.4 is 14.8 Å². The predicted octanol–water partition coefficient (Wildman–Crippen LogP) is 3.06. The fraction of sp³-hybridized carbons (Fsp3) is 0.286. The van der Waals surface area contributed by atoms with Gasteiger partial charge in [-0.3, -0.25) is 9.36 Å². The summed E-state index contributed by atoms with van der Waals surface area (Å²) in [5, 5.41) is 11.8. The van der Waals surface area contributed by atoms with Gasteiger partial charge in [-0.05, 0) is 43.2 Å². The molecule has 150 valence electrons. The average Bonchev–Trinajstić information content (AvgIpc) is 3.21. The van der Waals surface area contributed by atoms with Crippen LogP contribution in [0.5, 0.6) is 11.5 Å². The number of amides is 1. The highest BCUT2D eigenvalue weighted by Crippen LogP contribution is 2.33. The molecule has 1 aliphatic rings. The number of fused-ring (bicyclic) bond motifs is 1. The minimum atomic E-state index is -0.0843. The van der Waals surface area contributed by atoms with E-state index in [1.807, 2.05) is 28.8 Å². The van der Waals surface area contributed by atoms with Crippen LogP contribution in [0.25, 0.3) is 5.69 Å². The van der Waals surface area contributed by atoms with Gasteiger partial charge in [0.2, 0.25) is 5.91 Å². The molecule has 2 aromatic carbocycles. The molecule has 0 saturated heterocycles. The lowest BCUT2D eigenvalue weighted by Gasteiger charge is -2.21. The molecule has 1 amide bonds. The number of thioether (sulfide) groups is 1. The Morgan fingerprint density at radius 3 is 2.90 bits per heavy atom. The number of rotatable bonds is 6. The Bertz CT molecular complexity index is 1030. The zero-order valence-corrected chi connectivity index (χ0v) is 17.2. The Hall–Kier alpha value is -3.00. The quantitative estimate of drug-likeness (QED) is 0.630. The van der Waals surface area contributed by atoms with Gasteiger partial charge >= 0.3 is 0 Å². The first kappa shape index (κ1) is 19.3. The highest BCUT2D eigenvalue weighted by molar-refractivity contribution is 7.99. The topological polar surface area (TPSA) is 78.3 Å². The largest absolute Gasteiger partial charge is 0.486 e. The minimum Gasteiger partial charge on any atom is -0.486 e. The summed E-state index contributed by atoms with van der Waals surface area (Å²) < 4.78 is 13.2. The van der Waals surface area contributed by atoms with Crippen molar-refractivity contribution in [3.05, 3.63) is 59.4 Å². The SMILES string of the molecule is Cc1ccc(-n2cnnc2SCC(=O)NCc2cccc3c2OCCO3)cc1C. The molecule has 0 atom stereocenters. The van der Waals surface area contributed by atoms with Gasteiger partial charge in [0.25, 0.3) is 0 Å². The number of benzene rings is 2. The second kappa shape index (κ2) is 8.57. The number of aromatic nitrogens is 3. The third kappa shape index (κ3) is 4.37. The lowest BCUT2D eigenvalue weighted by Crippen LogP contribution is -2.26. The Morgan fingerprint density at radius 2 is 2.03 bits per heavy atom. The first-order valence-electron chi connectivity index (χ1n) is 9.36. The van der Waals surface area contributed by atoms with E-state index in [2.05, 4.69) is 41.5 Å². The lowest BCUT2D eigenvalue weighted by atomic mass is 10.1. The van der Waals surface area contributed by atoms with Crippen LogP contribution in [-0.2, 0) is 11.3 Å². The molecule has 0 bridgehead atoms. The maximum Gasteiger partial charge on any atom is 0.230 e. The maximum atomic E-state index is 12.4. The van der Waals surface area contributed by atoms with Gasteiger partial charge < -0.3 is 14.8 Å². The van der Waals surface area contributed by atoms with Gasteiger partial charge in [-0.15, -0.1) is 10.2 Å². The van der Waals surface area contributed by atoms with Crippen molar-refractivity contribution in [1.29, 1.82) is 0 Å². The van der Waals surface area contributed by atoms with Crippen molar-refractivity contribution >= 4 is 17.7 Å². The third-order valence-corrected chi connectivity index (χ3v) is 5.68. The molecule has 7 nitrogen and oxygen atoms in total. The number of aryl methyl sites for hydroxylation is 2. The van der Waals surface area contributed by atoms with E-state index < -0.39 is 0 Å². The van der Waals surface area contributed by atoms with Gasteiger partial charge in [0.05, 0.1) is 5.75 Å². The first-order chi connectivity index (χ1) is 14.1. The highest BCUT2D eigenvalue weighted by atomic mass is 32.2. The molecule has 0 fully saturated rings. The number of ether oxygens (including phenoxy) is 2. The van der Waals surface area contributed by atoms with Gasteiger partial charge in [0.1, 0.15) is 19.5 Å². The van der Waals surface area contributed by atoms with Crippen molar-refractivity contribution in [2.75, 3.05) is 19.0 Å². The minimum absolute atomic E-state index is 0.0843. The van der Waals surface area contributed by atoms with E-state index in [1.165, 1.54) is 22.9 Å². The summed E-state index contributed by atoms with van der Waals surface area (Å²) in [6.07, 6.45) is 1.66. The second-order valence-electron chi connectivity index (χ2n) is 6.76. The lowest BCUT2D eigenvalue weighted by molar-refractivity contribution is -0.118. The first-order valence-corrected chi connectivity index (χ1v) is 10.3. The molecular formula is C21H22N4O3S. The molecule has 0 radical (unpaired) electrons. The van der Waals surface area contributed by atoms with Gasteiger partial charge in [0, 0.05) is 17.8 Å². The fourth-order valence-corrected chi connectivity index (χ4v) is 3.78. The Balaban J connectivity index is 1.36. The standard InChI is InChI=1S/C21H22N4O3S/c1-14-6-7-17(10-15(14)2)25-13-23-24-21(25)29-12-19(26)22-11-16-4-3-5-18-20(16)28-9-8-27-18/h3-7,10,13H,8-9,11-12H2,1-2H3,(H,22,26). The van der Waals surface area contributed by atoms with Gasteiger partial charge in [0.15, 0.2) is 16.7 Å². The third-order valence-electron chi connectivity index (χ3n) is 4.74. The van der Waals surface area contributed by atoms with Crippen LogP contribution >= 0.6 is 11.8 Å². The summed E-state index contributed by atoms with van der Waals surface area (Å²) in [4.78, 5) is 12.4. The van der Waals surface area contributed by atoms with E-state index >= 15 is 0 Å². The van der Waals surface area contributed by atoms with E-state index in [0.29, 0.717) is 30.7 Å². The van der Waals surface area contributed by atoms with Crippen LogP contribution in [0.4, 0.5) is 0 Å². The number of hydrogen-bond donors (Lipinski definition) is 1. The van der Waals surface area contributed by atoms with Gasteiger partial charge in [-0.2, -0.15) is 0 Å². The zero-order chi connectivity index (χ0) is 20.2. The molecule has 0 spiro atoms. The summed E-state index contributed by atoms with van der Waals surface area (Å²) >= 11 is 1.35. The fourth-order valence-electron chi connectivity index (χ4n) is 3.02. The summed E-state index contributed by atoms with van der Waals surface area (Å²) in [6, 6.07) is 11.9. The van der Waals surface area contributed by atoms with Crippen molar-refractivity contribution in [2.45, 2.75) is 25.5 Å². The molecule has 3 aromatic rings. The van der Waals surface area contributed by atoms with E-state index in [1.54, 1.807) is 6.33 Å². The Labute approximate surface area is 173 Å². The molecule has 0 unspecified atom stereocenters. The van der Waals surface area contributed by atoms with E-state index in [0.717, 1.165) is 17.0 Å². The molecule has 0 aliphatic carbocycles. The van der Waals surface area contributed by atoms with Crippen LogP contribution in [0.2, 0.25) is 0 Å². The van der Waals surface area contributed by atoms with Crippen molar-refractivity contribution < 1.29 is 14.3 Å². The summed E-state index contributed by atoms with van der Waals surface area (Å²) in [7, 11) is 0. The number of hydrogen-bond acceptors (Lipinski definition) is 6. The van der Waals surface area contributed by atoms with Crippen molar-refractivity contribution in [3.8, 4) is 17.2 Å². The molecule has 29 heavy (non-hydrogen) atoms. The number of carbonyl (C=O) groups is 1. The molecule has 8 heteroatoms. The van der Waals surface area contributed by atoms with E-state index in [4.69, 9.17) is 9.47 Å². The molecule has 2 heterocycles. The monoisotopic (exact) mass is 410 g/mol. The van der Waals surface area contributed by atoms with Crippen LogP contribution in [-0.4, -0.2) is 39.6 Å². The molecule has 0 saturated carbocycles. The predicted molar refractivity (Wildman–Crippen MR) is 111 cm³/mol. The van der Waals surface area contributed by atoms with E-state index in [-0.39, 0.29) is 11.7 Å². The summed E-state index contributed by atoms with van der Waals surface area (Å²) in [5.41, 5.74) is 4.31. The van der Waals surface area contributed by atoms with Crippen molar-refractivity contribution in [2.24, 2.45) is 0 Å². The summed E-state index contributed by atoms with van der Waals surface area (Å²) in [5.74, 6) is 1.59. The van der Waals surface area contributed by atoms with Crippen LogP contribution in [0, 0.1) is 13.8 Å². The van der Waals surface area contributed by atoms with Crippen molar-refractivity contribution in [3.63, 3.8) is 0 Å².